The summed E-state index contributed by atoms with van der Waals surface area (Å²) in [7, 11) is 3.75. The van der Waals surface area contributed by atoms with Crippen LogP contribution in [-0.4, -0.2) is 64.5 Å². The fraction of sp³-hybridized carbons (Fsp3) is 0.471. The molecular weight excluding hydrogens is 310 g/mol. The van der Waals surface area contributed by atoms with Crippen LogP contribution in [0.3, 0.4) is 0 Å². The van der Waals surface area contributed by atoms with Crippen LogP contribution in [0.1, 0.15) is 5.56 Å². The van der Waals surface area contributed by atoms with E-state index in [1.807, 2.05) is 17.1 Å². The molecule has 2 aliphatic heterocycles. The highest BCUT2D eigenvalue weighted by atomic mass is 16.6. The minimum absolute atomic E-state index is 0.136. The molecule has 0 aromatic heterocycles. The molecule has 2 aliphatic rings. The average Bonchev–Trinajstić information content (AvgIpc) is 2.61. The van der Waals surface area contributed by atoms with Gasteiger partial charge < -0.3 is 19.1 Å². The summed E-state index contributed by atoms with van der Waals surface area (Å²) in [6, 6.07) is 3.68. The molecule has 2 N–H and O–H groups in total. The molecule has 24 heavy (non-hydrogen) atoms. The van der Waals surface area contributed by atoms with E-state index in [1.54, 1.807) is 13.2 Å². The quantitative estimate of drug-likeness (QED) is 0.716. The minimum atomic E-state index is -0.136. The summed E-state index contributed by atoms with van der Waals surface area (Å²) < 4.78 is 16.5. The molecule has 3 rings (SSSR count). The number of nitrogens with one attached hydrogen (secondary N) is 2. The number of nitrogens with zero attached hydrogens (tertiary/aromatic N) is 1. The van der Waals surface area contributed by atoms with Crippen LogP contribution < -0.4 is 24.5 Å². The lowest BCUT2D eigenvalue weighted by Crippen LogP contribution is -3.12. The molecule has 1 amide bonds. The third-order valence-corrected chi connectivity index (χ3v) is 4.16. The van der Waals surface area contributed by atoms with Gasteiger partial charge in [0.2, 0.25) is 5.75 Å². The van der Waals surface area contributed by atoms with Crippen molar-refractivity contribution in [3.8, 4) is 17.2 Å². The number of methoxy groups -OCH3 is 1. The lowest BCUT2D eigenvalue weighted by atomic mass is 10.1. The van der Waals surface area contributed by atoms with E-state index in [2.05, 4.69) is 12.5 Å². The van der Waals surface area contributed by atoms with Crippen molar-refractivity contribution in [1.82, 2.24) is 10.4 Å². The number of amides is 1. The lowest BCUT2D eigenvalue weighted by molar-refractivity contribution is -0.884. The van der Waals surface area contributed by atoms with Gasteiger partial charge in [-0.15, -0.1) is 0 Å². The number of hydrogen-bond acceptors (Lipinski definition) is 5. The van der Waals surface area contributed by atoms with Gasteiger partial charge in [0.15, 0.2) is 11.5 Å². The van der Waals surface area contributed by atoms with Crippen molar-refractivity contribution in [2.75, 3.05) is 53.6 Å². The maximum atomic E-state index is 12.1. The van der Waals surface area contributed by atoms with Gasteiger partial charge in [-0.25, -0.2) is 5.01 Å². The number of hydrogen-bond donors (Lipinski definition) is 2. The first-order chi connectivity index (χ1) is 11.7. The van der Waals surface area contributed by atoms with Crippen molar-refractivity contribution in [3.05, 3.63) is 23.8 Å². The van der Waals surface area contributed by atoms with Crippen LogP contribution in [0.15, 0.2) is 18.2 Å². The molecule has 0 spiro atoms. The minimum Gasteiger partial charge on any atom is -0.493 e. The summed E-state index contributed by atoms with van der Waals surface area (Å²) in [5.74, 6) is 1.73. The Labute approximate surface area is 141 Å². The van der Waals surface area contributed by atoms with E-state index in [-0.39, 0.29) is 5.91 Å². The summed E-state index contributed by atoms with van der Waals surface area (Å²) in [5, 5.41) is 1.96. The standard InChI is InChI=1S/C17H23N3O4/c1-19-5-7-20(8-6-19)18-16(21)4-3-13-11-14(22-2)17-15(12-13)23-9-10-24-17/h3-4,11-12H,5-10H2,1-2H3,(H,18,21)/p+1/b4-3+. The van der Waals surface area contributed by atoms with Crippen LogP contribution in [0.25, 0.3) is 6.08 Å². The number of rotatable bonds is 4. The Morgan fingerprint density at radius 1 is 1.29 bits per heavy atom. The number of piperazine rings is 1. The number of fused-ring (bicyclic) bond motifs is 1. The summed E-state index contributed by atoms with van der Waals surface area (Å²) >= 11 is 0. The fourth-order valence-corrected chi connectivity index (χ4v) is 2.75. The number of benzene rings is 1. The van der Waals surface area contributed by atoms with E-state index >= 15 is 0 Å². The predicted molar refractivity (Wildman–Crippen MR) is 89.4 cm³/mol. The van der Waals surface area contributed by atoms with Crippen LogP contribution in [0.5, 0.6) is 17.2 Å². The first kappa shape index (κ1) is 16.6. The van der Waals surface area contributed by atoms with Crippen LogP contribution >= 0.6 is 0 Å². The molecule has 0 radical (unpaired) electrons. The fourth-order valence-electron chi connectivity index (χ4n) is 2.75. The number of likely N-dealkylation sites (N-methyl/N-ethyl adjacent to an activating group) is 1. The zero-order chi connectivity index (χ0) is 16.9. The van der Waals surface area contributed by atoms with Gasteiger partial charge in [0, 0.05) is 6.08 Å². The molecule has 130 valence electrons. The number of carbonyl (C=O) groups is 1. The van der Waals surface area contributed by atoms with E-state index in [0.29, 0.717) is 30.5 Å². The van der Waals surface area contributed by atoms with E-state index in [9.17, 15) is 4.79 Å². The third-order valence-electron chi connectivity index (χ3n) is 4.16. The van der Waals surface area contributed by atoms with Crippen molar-refractivity contribution < 1.29 is 23.9 Å². The van der Waals surface area contributed by atoms with Gasteiger partial charge in [-0.1, -0.05) is 0 Å². The first-order valence-electron chi connectivity index (χ1n) is 8.18. The molecule has 1 aromatic carbocycles. The largest absolute Gasteiger partial charge is 0.493 e. The van der Waals surface area contributed by atoms with Gasteiger partial charge in [-0.2, -0.15) is 0 Å². The van der Waals surface area contributed by atoms with Crippen molar-refractivity contribution in [3.63, 3.8) is 0 Å². The summed E-state index contributed by atoms with van der Waals surface area (Å²) in [5.41, 5.74) is 3.74. The van der Waals surface area contributed by atoms with Crippen molar-refractivity contribution in [1.29, 1.82) is 0 Å². The van der Waals surface area contributed by atoms with Crippen LogP contribution in [0.4, 0.5) is 0 Å². The van der Waals surface area contributed by atoms with E-state index < -0.39 is 0 Å². The number of hydrazine groups is 1. The monoisotopic (exact) mass is 334 g/mol. The molecule has 1 fully saturated rings. The molecule has 1 saturated heterocycles. The predicted octanol–water partition coefficient (Wildman–Crippen LogP) is -0.659. The third kappa shape index (κ3) is 3.98. The molecule has 0 aliphatic carbocycles. The summed E-state index contributed by atoms with van der Waals surface area (Å²) in [4.78, 5) is 13.6. The van der Waals surface area contributed by atoms with Gasteiger partial charge in [0.25, 0.3) is 5.91 Å². The van der Waals surface area contributed by atoms with E-state index in [0.717, 1.165) is 31.7 Å². The SMILES string of the molecule is COc1cc(/C=C/C(=O)NN2CC[NH+](C)CC2)cc2c1OCCO2. The van der Waals surface area contributed by atoms with Crippen molar-refractivity contribution in [2.24, 2.45) is 0 Å². The molecule has 0 bridgehead atoms. The number of ether oxygens (including phenoxy) is 3. The highest BCUT2D eigenvalue weighted by Gasteiger charge is 2.19. The Balaban J connectivity index is 1.64. The Morgan fingerprint density at radius 2 is 2.04 bits per heavy atom. The van der Waals surface area contributed by atoms with E-state index in [1.165, 1.54) is 11.0 Å². The van der Waals surface area contributed by atoms with Crippen LogP contribution in [0, 0.1) is 0 Å². The van der Waals surface area contributed by atoms with Crippen LogP contribution in [-0.2, 0) is 4.79 Å². The number of carbonyl (C=O) groups excluding carboxylic acids is 1. The highest BCUT2D eigenvalue weighted by Crippen LogP contribution is 2.40. The second-order valence-electron chi connectivity index (χ2n) is 6.00. The Kier molecular flexibility index (Phi) is 5.22. The maximum absolute atomic E-state index is 12.1. The van der Waals surface area contributed by atoms with Gasteiger partial charge in [-0.05, 0) is 23.8 Å². The second kappa shape index (κ2) is 7.55. The Bertz CT molecular complexity index is 607. The zero-order valence-corrected chi connectivity index (χ0v) is 14.1. The van der Waals surface area contributed by atoms with Crippen molar-refractivity contribution in [2.45, 2.75) is 0 Å². The zero-order valence-electron chi connectivity index (χ0n) is 14.1. The Hall–Kier alpha value is -2.25. The molecule has 0 atom stereocenters. The van der Waals surface area contributed by atoms with Gasteiger partial charge in [0.1, 0.15) is 13.2 Å². The van der Waals surface area contributed by atoms with Gasteiger partial charge in [-0.3, -0.25) is 10.2 Å². The first-order valence-corrected chi connectivity index (χ1v) is 8.18. The maximum Gasteiger partial charge on any atom is 0.258 e. The lowest BCUT2D eigenvalue weighted by Gasteiger charge is -2.29. The normalized spacial score (nSPS) is 18.6. The number of quaternary nitrogens is 1. The van der Waals surface area contributed by atoms with Gasteiger partial charge >= 0.3 is 0 Å². The summed E-state index contributed by atoms with van der Waals surface area (Å²) in [6.45, 7) is 4.81. The smallest absolute Gasteiger partial charge is 0.258 e. The Morgan fingerprint density at radius 3 is 2.79 bits per heavy atom. The molecule has 0 unspecified atom stereocenters. The molecule has 2 heterocycles. The molecule has 0 saturated carbocycles. The molecule has 7 heteroatoms. The molecule has 7 nitrogen and oxygen atoms in total. The topological polar surface area (TPSA) is 64.5 Å². The molecular formula is C17H24N3O4+. The average molecular weight is 334 g/mol. The van der Waals surface area contributed by atoms with Crippen LogP contribution in [0.2, 0.25) is 0 Å². The summed E-state index contributed by atoms with van der Waals surface area (Å²) in [6.07, 6.45) is 3.27. The van der Waals surface area contributed by atoms with Gasteiger partial charge in [0.05, 0.1) is 40.3 Å². The second-order valence-corrected chi connectivity index (χ2v) is 6.00. The molecule has 1 aromatic rings. The highest BCUT2D eigenvalue weighted by molar-refractivity contribution is 5.91. The van der Waals surface area contributed by atoms with Crippen molar-refractivity contribution >= 4 is 12.0 Å². The van der Waals surface area contributed by atoms with E-state index in [4.69, 9.17) is 14.2 Å².